The van der Waals surface area contributed by atoms with Gasteiger partial charge in [-0.25, -0.2) is 0 Å². The lowest BCUT2D eigenvalue weighted by Gasteiger charge is -2.19. The molecular weight excluding hydrogens is 262 g/mol. The molecule has 0 aliphatic rings. The van der Waals surface area contributed by atoms with E-state index in [9.17, 15) is 4.79 Å². The Balaban J connectivity index is 1.98. The van der Waals surface area contributed by atoms with Crippen LogP contribution in [0.1, 0.15) is 22.8 Å². The van der Waals surface area contributed by atoms with Gasteiger partial charge >= 0.3 is 0 Å². The lowest BCUT2D eigenvalue weighted by Crippen LogP contribution is -2.29. The zero-order chi connectivity index (χ0) is 15.1. The van der Waals surface area contributed by atoms with E-state index in [0.29, 0.717) is 6.54 Å². The highest BCUT2D eigenvalue weighted by molar-refractivity contribution is 5.97. The molecule has 3 heteroatoms. The van der Waals surface area contributed by atoms with Crippen LogP contribution >= 0.6 is 0 Å². The number of methoxy groups -OCH3 is 1. The van der Waals surface area contributed by atoms with Gasteiger partial charge in [0.15, 0.2) is 5.78 Å². The molecule has 0 aromatic heterocycles. The maximum atomic E-state index is 12.3. The van der Waals surface area contributed by atoms with Gasteiger partial charge in [0, 0.05) is 12.1 Å². The van der Waals surface area contributed by atoms with Crippen LogP contribution in [0.25, 0.3) is 0 Å². The van der Waals surface area contributed by atoms with Gasteiger partial charge in [-0.3, -0.25) is 9.69 Å². The van der Waals surface area contributed by atoms with Crippen LogP contribution in [-0.4, -0.2) is 30.9 Å². The van der Waals surface area contributed by atoms with Crippen molar-refractivity contribution in [2.45, 2.75) is 13.5 Å². The van der Waals surface area contributed by atoms with Gasteiger partial charge < -0.3 is 4.74 Å². The van der Waals surface area contributed by atoms with E-state index < -0.39 is 0 Å². The summed E-state index contributed by atoms with van der Waals surface area (Å²) in [6, 6.07) is 17.5. The first-order valence-electron chi connectivity index (χ1n) is 7.16. The summed E-state index contributed by atoms with van der Waals surface area (Å²) in [5.74, 6) is 0.901. The minimum atomic E-state index is 0.135. The molecule has 2 aromatic rings. The quantitative estimate of drug-likeness (QED) is 0.729. The summed E-state index contributed by atoms with van der Waals surface area (Å²) in [7, 11) is 1.62. The largest absolute Gasteiger partial charge is 0.497 e. The number of carbonyl (C=O) groups excluding carboxylic acids is 1. The lowest BCUT2D eigenvalue weighted by molar-refractivity contribution is 0.0929. The number of ketones is 1. The number of ether oxygens (including phenoxy) is 1. The minimum absolute atomic E-state index is 0.135. The van der Waals surface area contributed by atoms with E-state index >= 15 is 0 Å². The molecule has 21 heavy (non-hydrogen) atoms. The molecule has 2 aromatic carbocycles. The van der Waals surface area contributed by atoms with E-state index in [1.54, 1.807) is 7.11 Å². The maximum Gasteiger partial charge on any atom is 0.176 e. The molecule has 110 valence electrons. The normalized spacial score (nSPS) is 10.6. The van der Waals surface area contributed by atoms with E-state index in [2.05, 4.69) is 24.0 Å². The van der Waals surface area contributed by atoms with Gasteiger partial charge in [0.05, 0.1) is 13.7 Å². The molecule has 0 N–H and O–H groups in total. The van der Waals surface area contributed by atoms with Crippen molar-refractivity contribution in [3.63, 3.8) is 0 Å². The number of carbonyl (C=O) groups is 1. The van der Waals surface area contributed by atoms with Gasteiger partial charge in [-0.05, 0) is 36.4 Å². The second kappa shape index (κ2) is 7.60. The Hall–Kier alpha value is -2.13. The average molecular weight is 283 g/mol. The van der Waals surface area contributed by atoms with Crippen LogP contribution in [-0.2, 0) is 6.54 Å². The summed E-state index contributed by atoms with van der Waals surface area (Å²) < 4.78 is 5.11. The smallest absolute Gasteiger partial charge is 0.176 e. The van der Waals surface area contributed by atoms with Crippen molar-refractivity contribution in [3.05, 3.63) is 65.7 Å². The first-order valence-corrected chi connectivity index (χ1v) is 7.16. The number of hydrogen-bond acceptors (Lipinski definition) is 3. The molecule has 0 radical (unpaired) electrons. The number of hydrogen-bond donors (Lipinski definition) is 0. The highest BCUT2D eigenvalue weighted by Gasteiger charge is 2.11. The van der Waals surface area contributed by atoms with Crippen LogP contribution in [0, 0.1) is 0 Å². The highest BCUT2D eigenvalue weighted by atomic mass is 16.5. The molecule has 0 spiro atoms. The van der Waals surface area contributed by atoms with E-state index in [1.165, 1.54) is 5.56 Å². The summed E-state index contributed by atoms with van der Waals surface area (Å²) in [5, 5.41) is 0. The third-order valence-corrected chi connectivity index (χ3v) is 3.48. The lowest BCUT2D eigenvalue weighted by atomic mass is 10.1. The molecule has 0 unspecified atom stereocenters. The van der Waals surface area contributed by atoms with Gasteiger partial charge in [-0.2, -0.15) is 0 Å². The summed E-state index contributed by atoms with van der Waals surface area (Å²) in [5.41, 5.74) is 1.95. The fourth-order valence-corrected chi connectivity index (χ4v) is 2.19. The average Bonchev–Trinajstić information content (AvgIpc) is 2.55. The number of rotatable bonds is 7. The van der Waals surface area contributed by atoms with E-state index in [1.807, 2.05) is 42.5 Å². The summed E-state index contributed by atoms with van der Waals surface area (Å²) >= 11 is 0. The van der Waals surface area contributed by atoms with Gasteiger partial charge in [0.2, 0.25) is 0 Å². The minimum Gasteiger partial charge on any atom is -0.497 e. The molecule has 0 saturated heterocycles. The molecule has 2 rings (SSSR count). The molecule has 0 saturated carbocycles. The Bertz CT molecular complexity index is 564. The standard InChI is InChI=1S/C18H21NO2/c1-3-19(13-15-7-5-4-6-8-15)14-18(20)16-9-11-17(21-2)12-10-16/h4-12H,3,13-14H2,1-2H3. The van der Waals surface area contributed by atoms with Gasteiger partial charge in [0.1, 0.15) is 5.75 Å². The highest BCUT2D eigenvalue weighted by Crippen LogP contribution is 2.13. The van der Waals surface area contributed by atoms with Crippen LogP contribution in [0.3, 0.4) is 0 Å². The Labute approximate surface area is 126 Å². The summed E-state index contributed by atoms with van der Waals surface area (Å²) in [6.07, 6.45) is 0. The Morgan fingerprint density at radius 2 is 1.71 bits per heavy atom. The van der Waals surface area contributed by atoms with Crippen molar-refractivity contribution in [2.75, 3.05) is 20.2 Å². The first-order chi connectivity index (χ1) is 10.2. The second-order valence-corrected chi connectivity index (χ2v) is 4.94. The fourth-order valence-electron chi connectivity index (χ4n) is 2.19. The predicted molar refractivity (Wildman–Crippen MR) is 84.7 cm³/mol. The SMILES string of the molecule is CCN(CC(=O)c1ccc(OC)cc1)Cc1ccccc1. The van der Waals surface area contributed by atoms with Gasteiger partial charge in [-0.15, -0.1) is 0 Å². The molecule has 3 nitrogen and oxygen atoms in total. The van der Waals surface area contributed by atoms with Gasteiger partial charge in [0.25, 0.3) is 0 Å². The second-order valence-electron chi connectivity index (χ2n) is 4.94. The van der Waals surface area contributed by atoms with E-state index in [-0.39, 0.29) is 5.78 Å². The molecule has 0 atom stereocenters. The Kier molecular flexibility index (Phi) is 5.52. The fraction of sp³-hybridized carbons (Fsp3) is 0.278. The van der Waals surface area contributed by atoms with Gasteiger partial charge in [-0.1, -0.05) is 37.3 Å². The Morgan fingerprint density at radius 1 is 1.05 bits per heavy atom. The van der Waals surface area contributed by atoms with Crippen LogP contribution in [0.2, 0.25) is 0 Å². The van der Waals surface area contributed by atoms with Crippen LogP contribution in [0.5, 0.6) is 5.75 Å². The molecule has 0 aliphatic carbocycles. The van der Waals surface area contributed by atoms with Crippen molar-refractivity contribution in [3.8, 4) is 5.75 Å². The molecular formula is C18H21NO2. The van der Waals surface area contributed by atoms with Crippen molar-refractivity contribution in [1.82, 2.24) is 4.90 Å². The summed E-state index contributed by atoms with van der Waals surface area (Å²) in [6.45, 7) is 4.14. The number of nitrogens with zero attached hydrogens (tertiary/aromatic N) is 1. The third kappa shape index (κ3) is 4.43. The topological polar surface area (TPSA) is 29.5 Å². The number of likely N-dealkylation sites (N-methyl/N-ethyl adjacent to an activating group) is 1. The van der Waals surface area contributed by atoms with Crippen molar-refractivity contribution >= 4 is 5.78 Å². The maximum absolute atomic E-state index is 12.3. The third-order valence-electron chi connectivity index (χ3n) is 3.48. The van der Waals surface area contributed by atoms with Crippen LogP contribution < -0.4 is 4.74 Å². The van der Waals surface area contributed by atoms with E-state index in [4.69, 9.17) is 4.74 Å². The number of Topliss-reactive ketones (excluding diaryl/α,β-unsaturated/α-hetero) is 1. The zero-order valence-corrected chi connectivity index (χ0v) is 12.6. The van der Waals surface area contributed by atoms with E-state index in [0.717, 1.165) is 24.4 Å². The molecule has 0 heterocycles. The molecule has 0 fully saturated rings. The monoisotopic (exact) mass is 283 g/mol. The first kappa shape index (κ1) is 15.3. The van der Waals surface area contributed by atoms with Crippen LogP contribution in [0.15, 0.2) is 54.6 Å². The molecule has 0 bridgehead atoms. The van der Waals surface area contributed by atoms with Crippen molar-refractivity contribution < 1.29 is 9.53 Å². The molecule has 0 aliphatic heterocycles. The predicted octanol–water partition coefficient (Wildman–Crippen LogP) is 3.40. The van der Waals surface area contributed by atoms with Crippen LogP contribution in [0.4, 0.5) is 0 Å². The van der Waals surface area contributed by atoms with Crippen molar-refractivity contribution in [2.24, 2.45) is 0 Å². The number of benzene rings is 2. The molecule has 0 amide bonds. The Morgan fingerprint density at radius 3 is 2.29 bits per heavy atom. The zero-order valence-electron chi connectivity index (χ0n) is 12.6. The van der Waals surface area contributed by atoms with Crippen molar-refractivity contribution in [1.29, 1.82) is 0 Å². The summed E-state index contributed by atoms with van der Waals surface area (Å²) in [4.78, 5) is 14.5.